The molecular formula is C17H17ClN6O. The number of hydrogen-bond donors (Lipinski definition) is 1. The standard InChI is InChI=1S/C17H17ClN6O/c1-24(11-25-2)23-22-14-6-7-16-15(9-14)17(20-10-19-16)21-13-5-3-4-12(18)8-13/h3-10H,11H2,1-2H3,(H,19,20,21). The molecule has 0 atom stereocenters. The lowest BCUT2D eigenvalue weighted by Crippen LogP contribution is -2.12. The minimum atomic E-state index is 0.363. The highest BCUT2D eigenvalue weighted by atomic mass is 35.5. The second-order valence-electron chi connectivity index (χ2n) is 5.32. The van der Waals surface area contributed by atoms with Crippen LogP contribution in [0, 0.1) is 0 Å². The van der Waals surface area contributed by atoms with Crippen LogP contribution in [0.4, 0.5) is 17.2 Å². The van der Waals surface area contributed by atoms with Crippen molar-refractivity contribution in [2.45, 2.75) is 0 Å². The van der Waals surface area contributed by atoms with Crippen molar-refractivity contribution in [3.05, 3.63) is 53.8 Å². The lowest BCUT2D eigenvalue weighted by atomic mass is 10.2. The SMILES string of the molecule is COCN(C)N=Nc1ccc2ncnc(Nc3cccc(Cl)c3)c2c1. The van der Waals surface area contributed by atoms with E-state index in [9.17, 15) is 0 Å². The summed E-state index contributed by atoms with van der Waals surface area (Å²) < 4.78 is 4.99. The fraction of sp³-hybridized carbons (Fsp3) is 0.176. The summed E-state index contributed by atoms with van der Waals surface area (Å²) in [5.41, 5.74) is 2.35. The van der Waals surface area contributed by atoms with E-state index in [0.717, 1.165) is 16.6 Å². The van der Waals surface area contributed by atoms with E-state index in [1.807, 2.05) is 42.5 Å². The van der Waals surface area contributed by atoms with Gasteiger partial charge in [0.2, 0.25) is 0 Å². The van der Waals surface area contributed by atoms with Crippen LogP contribution < -0.4 is 5.32 Å². The summed E-state index contributed by atoms with van der Waals surface area (Å²) in [6.45, 7) is 0.363. The van der Waals surface area contributed by atoms with E-state index >= 15 is 0 Å². The van der Waals surface area contributed by atoms with Crippen molar-refractivity contribution in [1.82, 2.24) is 15.0 Å². The minimum absolute atomic E-state index is 0.363. The number of halogens is 1. The summed E-state index contributed by atoms with van der Waals surface area (Å²) in [7, 11) is 3.39. The Labute approximate surface area is 150 Å². The largest absolute Gasteiger partial charge is 0.363 e. The van der Waals surface area contributed by atoms with Crippen molar-refractivity contribution in [3.8, 4) is 0 Å². The van der Waals surface area contributed by atoms with Gasteiger partial charge >= 0.3 is 0 Å². The molecule has 0 saturated carbocycles. The quantitative estimate of drug-likeness (QED) is 0.398. The van der Waals surface area contributed by atoms with Crippen LogP contribution in [-0.4, -0.2) is 35.9 Å². The number of ether oxygens (including phenoxy) is 1. The summed E-state index contributed by atoms with van der Waals surface area (Å²) in [5, 5.41) is 14.6. The summed E-state index contributed by atoms with van der Waals surface area (Å²) >= 11 is 6.04. The molecular weight excluding hydrogens is 340 g/mol. The first kappa shape index (κ1) is 17.1. The summed E-state index contributed by atoms with van der Waals surface area (Å²) in [6, 6.07) is 13.1. The van der Waals surface area contributed by atoms with Crippen LogP contribution in [0.25, 0.3) is 10.9 Å². The van der Waals surface area contributed by atoms with Crippen molar-refractivity contribution in [1.29, 1.82) is 0 Å². The summed E-state index contributed by atoms with van der Waals surface area (Å²) in [4.78, 5) is 8.62. The molecule has 1 N–H and O–H groups in total. The molecule has 8 heteroatoms. The molecule has 0 amide bonds. The highest BCUT2D eigenvalue weighted by Gasteiger charge is 2.06. The van der Waals surface area contributed by atoms with Gasteiger partial charge in [0.1, 0.15) is 18.9 Å². The van der Waals surface area contributed by atoms with E-state index in [0.29, 0.717) is 23.3 Å². The third kappa shape index (κ3) is 4.40. The molecule has 25 heavy (non-hydrogen) atoms. The van der Waals surface area contributed by atoms with E-state index in [1.54, 1.807) is 19.2 Å². The number of methoxy groups -OCH3 is 1. The molecule has 0 spiro atoms. The highest BCUT2D eigenvalue weighted by molar-refractivity contribution is 6.30. The van der Waals surface area contributed by atoms with Gasteiger partial charge in [-0.3, -0.25) is 5.01 Å². The molecule has 0 radical (unpaired) electrons. The Morgan fingerprint density at radius 1 is 1.20 bits per heavy atom. The fourth-order valence-corrected chi connectivity index (χ4v) is 2.44. The van der Waals surface area contributed by atoms with Gasteiger partial charge in [-0.2, -0.15) is 0 Å². The molecule has 3 aromatic rings. The van der Waals surface area contributed by atoms with Crippen LogP contribution in [0.3, 0.4) is 0 Å². The number of nitrogens with zero attached hydrogens (tertiary/aromatic N) is 5. The number of rotatable bonds is 6. The highest BCUT2D eigenvalue weighted by Crippen LogP contribution is 2.27. The van der Waals surface area contributed by atoms with Crippen LogP contribution in [0.2, 0.25) is 5.02 Å². The van der Waals surface area contributed by atoms with Crippen molar-refractivity contribution in [2.75, 3.05) is 26.2 Å². The van der Waals surface area contributed by atoms with Gasteiger partial charge in [0.05, 0.1) is 11.2 Å². The van der Waals surface area contributed by atoms with Crippen molar-refractivity contribution >= 4 is 39.7 Å². The smallest absolute Gasteiger partial charge is 0.141 e. The fourth-order valence-electron chi connectivity index (χ4n) is 2.25. The van der Waals surface area contributed by atoms with Crippen molar-refractivity contribution in [3.63, 3.8) is 0 Å². The first-order valence-electron chi connectivity index (χ1n) is 7.55. The monoisotopic (exact) mass is 356 g/mol. The lowest BCUT2D eigenvalue weighted by Gasteiger charge is -2.10. The van der Waals surface area contributed by atoms with Gasteiger partial charge in [-0.1, -0.05) is 22.9 Å². The number of benzene rings is 2. The minimum Gasteiger partial charge on any atom is -0.363 e. The molecule has 0 saturated heterocycles. The van der Waals surface area contributed by atoms with Crippen LogP contribution in [0.1, 0.15) is 0 Å². The number of aromatic nitrogens is 2. The zero-order valence-electron chi connectivity index (χ0n) is 13.8. The predicted molar refractivity (Wildman–Crippen MR) is 98.4 cm³/mol. The van der Waals surface area contributed by atoms with Crippen LogP contribution in [-0.2, 0) is 4.74 Å². The molecule has 1 heterocycles. The molecule has 1 aromatic heterocycles. The number of hydrogen-bond acceptors (Lipinski definition) is 6. The Balaban J connectivity index is 1.92. The number of anilines is 2. The summed E-state index contributed by atoms with van der Waals surface area (Å²) in [6.07, 6.45) is 1.52. The van der Waals surface area contributed by atoms with E-state index in [1.165, 1.54) is 6.33 Å². The molecule has 0 unspecified atom stereocenters. The maximum atomic E-state index is 6.04. The second-order valence-corrected chi connectivity index (χ2v) is 5.76. The van der Waals surface area contributed by atoms with Gasteiger partial charge in [0.15, 0.2) is 0 Å². The van der Waals surface area contributed by atoms with Gasteiger partial charge in [-0.15, -0.1) is 5.11 Å². The normalized spacial score (nSPS) is 11.2. The van der Waals surface area contributed by atoms with Crippen molar-refractivity contribution < 1.29 is 4.74 Å². The Morgan fingerprint density at radius 3 is 2.88 bits per heavy atom. The lowest BCUT2D eigenvalue weighted by molar-refractivity contribution is 0.0788. The van der Waals surface area contributed by atoms with E-state index < -0.39 is 0 Å². The molecule has 0 fully saturated rings. The van der Waals surface area contributed by atoms with Gasteiger partial charge in [0, 0.05) is 30.3 Å². The van der Waals surface area contributed by atoms with Crippen molar-refractivity contribution in [2.24, 2.45) is 10.3 Å². The maximum absolute atomic E-state index is 6.04. The van der Waals surface area contributed by atoms with Crippen LogP contribution >= 0.6 is 11.6 Å². The van der Waals surface area contributed by atoms with E-state index in [4.69, 9.17) is 16.3 Å². The molecule has 128 valence electrons. The molecule has 0 aliphatic carbocycles. The van der Waals surface area contributed by atoms with Gasteiger partial charge in [0.25, 0.3) is 0 Å². The van der Waals surface area contributed by atoms with Gasteiger partial charge in [-0.25, -0.2) is 9.97 Å². The molecule has 7 nitrogen and oxygen atoms in total. The molecule has 2 aromatic carbocycles. The first-order valence-corrected chi connectivity index (χ1v) is 7.92. The average Bonchev–Trinajstić information content (AvgIpc) is 2.61. The number of nitrogens with one attached hydrogen (secondary N) is 1. The summed E-state index contributed by atoms with van der Waals surface area (Å²) in [5.74, 6) is 0.676. The molecule has 0 aliphatic heterocycles. The Kier molecular flexibility index (Phi) is 5.37. The topological polar surface area (TPSA) is 75.0 Å². The Morgan fingerprint density at radius 2 is 2.08 bits per heavy atom. The van der Waals surface area contributed by atoms with E-state index in [2.05, 4.69) is 25.6 Å². The number of fused-ring (bicyclic) bond motifs is 1. The average molecular weight is 357 g/mol. The first-order chi connectivity index (χ1) is 12.2. The second kappa shape index (κ2) is 7.87. The van der Waals surface area contributed by atoms with E-state index in [-0.39, 0.29) is 0 Å². The zero-order valence-corrected chi connectivity index (χ0v) is 14.6. The zero-order chi connectivity index (χ0) is 17.6. The molecule has 3 rings (SSSR count). The Bertz CT molecular complexity index is 901. The Hall–Kier alpha value is -2.77. The van der Waals surface area contributed by atoms with Gasteiger partial charge in [-0.05, 0) is 36.4 Å². The third-order valence-corrected chi connectivity index (χ3v) is 3.57. The predicted octanol–water partition coefficient (Wildman–Crippen LogP) is 4.56. The van der Waals surface area contributed by atoms with Gasteiger partial charge < -0.3 is 10.1 Å². The third-order valence-electron chi connectivity index (χ3n) is 3.34. The van der Waals surface area contributed by atoms with Crippen LogP contribution in [0.15, 0.2) is 59.1 Å². The molecule has 0 bridgehead atoms. The maximum Gasteiger partial charge on any atom is 0.141 e. The van der Waals surface area contributed by atoms with Crippen LogP contribution in [0.5, 0.6) is 0 Å². The molecule has 0 aliphatic rings.